The van der Waals surface area contributed by atoms with E-state index in [-0.39, 0.29) is 11.8 Å². The molecule has 0 aliphatic rings. The molecule has 1 atom stereocenters. The summed E-state index contributed by atoms with van der Waals surface area (Å²) in [5, 5.41) is 6.46. The number of ether oxygens (including phenoxy) is 1. The monoisotopic (exact) mass is 397 g/mol. The van der Waals surface area contributed by atoms with E-state index in [1.165, 1.54) is 11.8 Å². The van der Waals surface area contributed by atoms with E-state index in [0.29, 0.717) is 6.42 Å². The number of nitrogens with zero attached hydrogens (tertiary/aromatic N) is 1. The number of hydrogen-bond acceptors (Lipinski definition) is 4. The first kappa shape index (κ1) is 23.4. The molecular formula is C20H35N3O3S. The Kier molecular flexibility index (Phi) is 11.8. The number of nitrogens with one attached hydrogen (secondary N) is 2. The summed E-state index contributed by atoms with van der Waals surface area (Å²) in [7, 11) is -2.93. The van der Waals surface area contributed by atoms with Gasteiger partial charge in [0.15, 0.2) is 5.96 Å². The molecule has 27 heavy (non-hydrogen) atoms. The Morgan fingerprint density at radius 1 is 1.19 bits per heavy atom. The summed E-state index contributed by atoms with van der Waals surface area (Å²) in [6, 6.07) is 10.4. The minimum Gasteiger partial charge on any atom is -0.381 e. The van der Waals surface area contributed by atoms with Gasteiger partial charge in [0.05, 0.1) is 12.4 Å². The number of unbranched alkanes of at least 4 members (excludes halogenated alkanes) is 1. The molecule has 1 rings (SSSR count). The molecule has 0 aliphatic carbocycles. The van der Waals surface area contributed by atoms with Gasteiger partial charge in [0.2, 0.25) is 0 Å². The van der Waals surface area contributed by atoms with E-state index in [2.05, 4.69) is 27.8 Å². The van der Waals surface area contributed by atoms with E-state index in [4.69, 9.17) is 4.74 Å². The van der Waals surface area contributed by atoms with Gasteiger partial charge in [-0.2, -0.15) is 0 Å². The molecule has 0 saturated heterocycles. The highest BCUT2D eigenvalue weighted by Crippen LogP contribution is 2.00. The van der Waals surface area contributed by atoms with Gasteiger partial charge >= 0.3 is 0 Å². The van der Waals surface area contributed by atoms with Crippen LogP contribution in [-0.2, 0) is 21.0 Å². The molecule has 0 bridgehead atoms. The van der Waals surface area contributed by atoms with Gasteiger partial charge in [-0.25, -0.2) is 8.42 Å². The molecule has 0 aliphatic heterocycles. The smallest absolute Gasteiger partial charge is 0.191 e. The Hall–Kier alpha value is -1.60. The van der Waals surface area contributed by atoms with Gasteiger partial charge in [-0.1, -0.05) is 30.3 Å². The fourth-order valence-electron chi connectivity index (χ4n) is 2.46. The van der Waals surface area contributed by atoms with E-state index >= 15 is 0 Å². The Labute approximate surface area is 164 Å². The Morgan fingerprint density at radius 2 is 1.93 bits per heavy atom. The zero-order valence-corrected chi connectivity index (χ0v) is 17.7. The average molecular weight is 398 g/mol. The third-order valence-electron chi connectivity index (χ3n) is 3.99. The van der Waals surface area contributed by atoms with Gasteiger partial charge in [-0.3, -0.25) is 4.99 Å². The average Bonchev–Trinajstić information content (AvgIpc) is 2.62. The predicted octanol–water partition coefficient (Wildman–Crippen LogP) is 2.40. The largest absolute Gasteiger partial charge is 0.381 e. The molecular weight excluding hydrogens is 362 g/mol. The molecule has 0 spiro atoms. The molecule has 1 aromatic rings. The maximum Gasteiger partial charge on any atom is 0.191 e. The van der Waals surface area contributed by atoms with Crippen molar-refractivity contribution in [2.45, 2.75) is 45.6 Å². The van der Waals surface area contributed by atoms with Crippen molar-refractivity contribution in [3.8, 4) is 0 Å². The molecule has 0 aromatic heterocycles. The highest BCUT2D eigenvalue weighted by atomic mass is 32.2. The topological polar surface area (TPSA) is 79.8 Å². The van der Waals surface area contributed by atoms with Gasteiger partial charge in [0, 0.05) is 32.0 Å². The summed E-state index contributed by atoms with van der Waals surface area (Å²) in [5.74, 6) is 0.921. The highest BCUT2D eigenvalue weighted by Gasteiger charge is 2.09. The van der Waals surface area contributed by atoms with Gasteiger partial charge < -0.3 is 15.4 Å². The van der Waals surface area contributed by atoms with Gasteiger partial charge in [-0.05, 0) is 45.1 Å². The lowest BCUT2D eigenvalue weighted by atomic mass is 10.2. The molecule has 1 aromatic carbocycles. The lowest BCUT2D eigenvalue weighted by Crippen LogP contribution is -2.42. The van der Waals surface area contributed by atoms with Gasteiger partial charge in [0.25, 0.3) is 0 Å². The van der Waals surface area contributed by atoms with E-state index in [1.807, 2.05) is 32.0 Å². The molecule has 6 nitrogen and oxygen atoms in total. The van der Waals surface area contributed by atoms with Crippen molar-refractivity contribution in [3.63, 3.8) is 0 Å². The predicted molar refractivity (Wildman–Crippen MR) is 113 cm³/mol. The molecule has 0 heterocycles. The van der Waals surface area contributed by atoms with Crippen molar-refractivity contribution >= 4 is 15.8 Å². The molecule has 2 N–H and O–H groups in total. The van der Waals surface area contributed by atoms with Crippen molar-refractivity contribution in [2.24, 2.45) is 4.99 Å². The quantitative estimate of drug-likeness (QED) is 0.304. The minimum absolute atomic E-state index is 0.0545. The van der Waals surface area contributed by atoms with Crippen LogP contribution >= 0.6 is 0 Å². The maximum atomic E-state index is 11.3. The van der Waals surface area contributed by atoms with E-state index < -0.39 is 9.84 Å². The first-order valence-corrected chi connectivity index (χ1v) is 11.8. The first-order valence-electron chi connectivity index (χ1n) is 9.75. The van der Waals surface area contributed by atoms with Crippen LogP contribution in [0.2, 0.25) is 0 Å². The first-order chi connectivity index (χ1) is 12.9. The van der Waals surface area contributed by atoms with Crippen LogP contribution in [0.15, 0.2) is 35.3 Å². The Bertz CT molecular complexity index is 633. The third-order valence-corrected chi connectivity index (χ3v) is 4.97. The number of sulfone groups is 1. The van der Waals surface area contributed by atoms with Crippen molar-refractivity contribution in [1.29, 1.82) is 0 Å². The van der Waals surface area contributed by atoms with Crippen LogP contribution in [0.4, 0.5) is 0 Å². The fourth-order valence-corrected chi connectivity index (χ4v) is 3.24. The van der Waals surface area contributed by atoms with Crippen LogP contribution in [0.25, 0.3) is 0 Å². The van der Waals surface area contributed by atoms with Crippen LogP contribution in [0.3, 0.4) is 0 Å². The van der Waals surface area contributed by atoms with Crippen LogP contribution in [0.5, 0.6) is 0 Å². The molecule has 0 amide bonds. The summed E-state index contributed by atoms with van der Waals surface area (Å²) in [4.78, 5) is 4.55. The second-order valence-corrected chi connectivity index (χ2v) is 9.04. The number of benzene rings is 1. The van der Waals surface area contributed by atoms with Crippen LogP contribution in [0, 0.1) is 0 Å². The lowest BCUT2D eigenvalue weighted by Gasteiger charge is -2.17. The number of guanidine groups is 1. The van der Waals surface area contributed by atoms with Crippen molar-refractivity contribution in [2.75, 3.05) is 38.3 Å². The number of rotatable bonds is 13. The third kappa shape index (κ3) is 13.2. The summed E-state index contributed by atoms with van der Waals surface area (Å²) in [5.41, 5.74) is 1.30. The molecule has 0 saturated carbocycles. The van der Waals surface area contributed by atoms with E-state index in [1.54, 1.807) is 0 Å². The zero-order valence-electron chi connectivity index (χ0n) is 16.9. The molecule has 7 heteroatoms. The van der Waals surface area contributed by atoms with E-state index in [0.717, 1.165) is 51.5 Å². The highest BCUT2D eigenvalue weighted by molar-refractivity contribution is 7.90. The van der Waals surface area contributed by atoms with Crippen LogP contribution < -0.4 is 10.6 Å². The Balaban J connectivity index is 2.17. The maximum absolute atomic E-state index is 11.3. The number of hydrogen-bond donors (Lipinski definition) is 2. The SMILES string of the molecule is CCNC(=NCCCCOCCc1ccccc1)NC(C)CCS(C)(=O)=O. The Morgan fingerprint density at radius 3 is 2.59 bits per heavy atom. The van der Waals surface area contributed by atoms with Crippen molar-refractivity contribution < 1.29 is 13.2 Å². The second-order valence-electron chi connectivity index (χ2n) is 6.78. The van der Waals surface area contributed by atoms with Crippen LogP contribution in [0.1, 0.15) is 38.7 Å². The van der Waals surface area contributed by atoms with Crippen molar-refractivity contribution in [3.05, 3.63) is 35.9 Å². The molecule has 154 valence electrons. The lowest BCUT2D eigenvalue weighted by molar-refractivity contribution is 0.134. The zero-order chi connectivity index (χ0) is 20.0. The molecule has 0 fully saturated rings. The summed E-state index contributed by atoms with van der Waals surface area (Å²) >= 11 is 0. The van der Waals surface area contributed by atoms with Crippen molar-refractivity contribution in [1.82, 2.24) is 10.6 Å². The van der Waals surface area contributed by atoms with Gasteiger partial charge in [0.1, 0.15) is 9.84 Å². The van der Waals surface area contributed by atoms with Gasteiger partial charge in [-0.15, -0.1) is 0 Å². The number of aliphatic imine (C=N–C) groups is 1. The minimum atomic E-state index is -2.93. The summed E-state index contributed by atoms with van der Waals surface area (Å²) in [6.07, 6.45) is 4.71. The van der Waals surface area contributed by atoms with E-state index in [9.17, 15) is 8.42 Å². The molecule has 1 unspecified atom stereocenters. The summed E-state index contributed by atoms with van der Waals surface area (Å²) < 4.78 is 28.2. The standard InChI is InChI=1S/C20H35N3O3S/c1-4-21-20(23-18(2)13-17-27(3,24)25)22-14-8-9-15-26-16-12-19-10-6-5-7-11-19/h5-7,10-11,18H,4,8-9,12-17H2,1-3H3,(H2,21,22,23). The molecule has 0 radical (unpaired) electrons. The second kappa shape index (κ2) is 13.6. The fraction of sp³-hybridized carbons (Fsp3) is 0.650. The summed E-state index contributed by atoms with van der Waals surface area (Å²) in [6.45, 7) is 6.97. The van der Waals surface area contributed by atoms with Crippen LogP contribution in [-0.4, -0.2) is 58.7 Å². The normalized spacial score (nSPS) is 13.4.